The second kappa shape index (κ2) is 4.58. The molecule has 0 heterocycles. The van der Waals surface area contributed by atoms with Crippen LogP contribution in [0.4, 0.5) is 0 Å². The Kier molecular flexibility index (Phi) is 3.67. The molecule has 0 saturated heterocycles. The van der Waals surface area contributed by atoms with Crippen LogP contribution >= 0.6 is 11.6 Å². The van der Waals surface area contributed by atoms with Gasteiger partial charge in [-0.1, -0.05) is 30.7 Å². The van der Waals surface area contributed by atoms with E-state index in [2.05, 4.69) is 0 Å². The molecule has 0 saturated carbocycles. The van der Waals surface area contributed by atoms with Crippen molar-refractivity contribution in [2.24, 2.45) is 11.7 Å². The van der Waals surface area contributed by atoms with Crippen molar-refractivity contribution in [3.63, 3.8) is 0 Å². The lowest BCUT2D eigenvalue weighted by molar-refractivity contribution is 0.0917. The molecule has 1 rings (SSSR count). The maximum absolute atomic E-state index is 11.8. The fourth-order valence-electron chi connectivity index (χ4n) is 1.15. The van der Waals surface area contributed by atoms with Gasteiger partial charge in [0.1, 0.15) is 0 Å². The lowest BCUT2D eigenvalue weighted by atomic mass is 9.94. The van der Waals surface area contributed by atoms with Gasteiger partial charge in [0.05, 0.1) is 5.02 Å². The van der Waals surface area contributed by atoms with E-state index in [0.717, 1.165) is 0 Å². The van der Waals surface area contributed by atoms with Crippen molar-refractivity contribution in [3.05, 3.63) is 34.9 Å². The highest BCUT2D eigenvalue weighted by molar-refractivity contribution is 6.34. The molecule has 0 aliphatic carbocycles. The molecule has 0 spiro atoms. The highest BCUT2D eigenvalue weighted by atomic mass is 35.5. The Morgan fingerprint density at radius 3 is 2.43 bits per heavy atom. The second-order valence-electron chi connectivity index (χ2n) is 3.49. The molecule has 1 aromatic rings. The van der Waals surface area contributed by atoms with Crippen molar-refractivity contribution < 1.29 is 4.79 Å². The summed E-state index contributed by atoms with van der Waals surface area (Å²) in [6, 6.07) is 6.88. The number of rotatable bonds is 3. The molecule has 0 amide bonds. The van der Waals surface area contributed by atoms with Crippen LogP contribution in [0.15, 0.2) is 24.3 Å². The fourth-order valence-corrected chi connectivity index (χ4v) is 1.37. The first kappa shape index (κ1) is 11.2. The number of carbonyl (C=O) groups excluding carboxylic acids is 1. The van der Waals surface area contributed by atoms with E-state index in [9.17, 15) is 4.79 Å². The van der Waals surface area contributed by atoms with Crippen molar-refractivity contribution >= 4 is 17.4 Å². The summed E-state index contributed by atoms with van der Waals surface area (Å²) in [4.78, 5) is 11.8. The summed E-state index contributed by atoms with van der Waals surface area (Å²) in [7, 11) is 0. The topological polar surface area (TPSA) is 43.1 Å². The highest BCUT2D eigenvalue weighted by Crippen LogP contribution is 2.19. The van der Waals surface area contributed by atoms with Crippen LogP contribution in [-0.2, 0) is 0 Å². The Morgan fingerprint density at radius 2 is 1.93 bits per heavy atom. The Bertz CT molecular complexity index is 336. The highest BCUT2D eigenvalue weighted by Gasteiger charge is 2.20. The number of nitrogens with two attached hydrogens (primary N) is 1. The average Bonchev–Trinajstić information content (AvgIpc) is 2.16. The van der Waals surface area contributed by atoms with E-state index in [1.54, 1.807) is 24.3 Å². The molecule has 3 heteroatoms. The van der Waals surface area contributed by atoms with Crippen molar-refractivity contribution in [2.45, 2.75) is 19.9 Å². The van der Waals surface area contributed by atoms with E-state index in [4.69, 9.17) is 17.3 Å². The molecular formula is C11H14ClNO. The van der Waals surface area contributed by atoms with Gasteiger partial charge in [0.15, 0.2) is 5.78 Å². The van der Waals surface area contributed by atoms with Gasteiger partial charge in [0.25, 0.3) is 0 Å². The third-order valence-electron chi connectivity index (χ3n) is 2.34. The van der Waals surface area contributed by atoms with Crippen LogP contribution < -0.4 is 5.73 Å². The third-order valence-corrected chi connectivity index (χ3v) is 2.67. The van der Waals surface area contributed by atoms with Crippen LogP contribution in [0.1, 0.15) is 24.2 Å². The Morgan fingerprint density at radius 1 is 1.36 bits per heavy atom. The first-order valence-electron chi connectivity index (χ1n) is 4.58. The van der Waals surface area contributed by atoms with Gasteiger partial charge in [-0.05, 0) is 19.1 Å². The summed E-state index contributed by atoms with van der Waals surface area (Å²) in [5.74, 6) is -0.194. The Balaban J connectivity index is 2.95. The largest absolute Gasteiger partial charge is 0.327 e. The van der Waals surface area contributed by atoms with E-state index in [0.29, 0.717) is 10.6 Å². The van der Waals surface area contributed by atoms with Crippen LogP contribution in [0, 0.1) is 5.92 Å². The molecule has 0 radical (unpaired) electrons. The van der Waals surface area contributed by atoms with Crippen LogP contribution in [-0.4, -0.2) is 11.8 Å². The molecule has 0 aliphatic heterocycles. The number of halogens is 1. The third kappa shape index (κ3) is 2.34. The molecule has 2 atom stereocenters. The maximum atomic E-state index is 11.8. The predicted molar refractivity (Wildman–Crippen MR) is 58.6 cm³/mol. The maximum Gasteiger partial charge on any atom is 0.168 e. The van der Waals surface area contributed by atoms with Crippen molar-refractivity contribution in [1.82, 2.24) is 0 Å². The molecule has 2 N–H and O–H groups in total. The zero-order valence-electron chi connectivity index (χ0n) is 8.33. The van der Waals surface area contributed by atoms with Gasteiger partial charge in [-0.3, -0.25) is 4.79 Å². The van der Waals surface area contributed by atoms with Gasteiger partial charge < -0.3 is 5.73 Å². The van der Waals surface area contributed by atoms with Crippen LogP contribution in [0.3, 0.4) is 0 Å². The molecule has 0 aromatic heterocycles. The molecule has 14 heavy (non-hydrogen) atoms. The summed E-state index contributed by atoms with van der Waals surface area (Å²) >= 11 is 5.91. The first-order valence-corrected chi connectivity index (χ1v) is 4.96. The monoisotopic (exact) mass is 211 g/mol. The summed E-state index contributed by atoms with van der Waals surface area (Å²) in [6.45, 7) is 3.63. The summed E-state index contributed by atoms with van der Waals surface area (Å²) in [5.41, 5.74) is 6.21. The van der Waals surface area contributed by atoms with Gasteiger partial charge >= 0.3 is 0 Å². The molecule has 2 nitrogen and oxygen atoms in total. The predicted octanol–water partition coefficient (Wildman–Crippen LogP) is 2.51. The summed E-state index contributed by atoms with van der Waals surface area (Å²) in [5, 5.41) is 0.491. The minimum absolute atomic E-state index is 0.00519. The SMILES string of the molecule is CC(N)C(C)C(=O)c1ccccc1Cl. The number of Topliss-reactive ketones (excluding diaryl/α,β-unsaturated/α-hetero) is 1. The number of carbonyl (C=O) groups is 1. The van der Waals surface area contributed by atoms with Gasteiger partial charge in [-0.2, -0.15) is 0 Å². The number of ketones is 1. The van der Waals surface area contributed by atoms with E-state index in [-0.39, 0.29) is 17.7 Å². The van der Waals surface area contributed by atoms with Gasteiger partial charge in [-0.25, -0.2) is 0 Å². The van der Waals surface area contributed by atoms with Crippen LogP contribution in [0.2, 0.25) is 5.02 Å². The zero-order chi connectivity index (χ0) is 10.7. The number of hydrogen-bond acceptors (Lipinski definition) is 2. The smallest absolute Gasteiger partial charge is 0.168 e. The van der Waals surface area contributed by atoms with E-state index < -0.39 is 0 Å². The number of hydrogen-bond donors (Lipinski definition) is 1. The standard InChI is InChI=1S/C11H14ClNO/c1-7(8(2)13)11(14)9-5-3-4-6-10(9)12/h3-8H,13H2,1-2H3. The zero-order valence-corrected chi connectivity index (χ0v) is 9.08. The van der Waals surface area contributed by atoms with Crippen LogP contribution in [0.5, 0.6) is 0 Å². The van der Waals surface area contributed by atoms with Gasteiger partial charge in [0.2, 0.25) is 0 Å². The lowest BCUT2D eigenvalue weighted by Crippen LogP contribution is -2.30. The quantitative estimate of drug-likeness (QED) is 0.781. The van der Waals surface area contributed by atoms with Crippen LogP contribution in [0.25, 0.3) is 0 Å². The molecule has 0 bridgehead atoms. The molecule has 0 fully saturated rings. The van der Waals surface area contributed by atoms with Crippen molar-refractivity contribution in [1.29, 1.82) is 0 Å². The normalized spacial score (nSPS) is 14.9. The van der Waals surface area contributed by atoms with E-state index in [1.165, 1.54) is 0 Å². The minimum Gasteiger partial charge on any atom is -0.327 e. The molecular weight excluding hydrogens is 198 g/mol. The average molecular weight is 212 g/mol. The summed E-state index contributed by atoms with van der Waals surface area (Å²) < 4.78 is 0. The lowest BCUT2D eigenvalue weighted by Gasteiger charge is -2.14. The van der Waals surface area contributed by atoms with E-state index in [1.807, 2.05) is 13.8 Å². The first-order chi connectivity index (χ1) is 6.54. The van der Waals surface area contributed by atoms with Gasteiger partial charge in [-0.15, -0.1) is 0 Å². The minimum atomic E-state index is -0.199. The Hall–Kier alpha value is -0.860. The molecule has 1 aromatic carbocycles. The Labute approximate surface area is 89.1 Å². The second-order valence-corrected chi connectivity index (χ2v) is 3.90. The van der Waals surface area contributed by atoms with Crippen molar-refractivity contribution in [3.8, 4) is 0 Å². The number of benzene rings is 1. The molecule has 76 valence electrons. The summed E-state index contributed by atoms with van der Waals surface area (Å²) in [6.07, 6.45) is 0. The fraction of sp³-hybridized carbons (Fsp3) is 0.364. The van der Waals surface area contributed by atoms with E-state index >= 15 is 0 Å². The van der Waals surface area contributed by atoms with Gasteiger partial charge in [0, 0.05) is 17.5 Å². The molecule has 2 unspecified atom stereocenters. The van der Waals surface area contributed by atoms with Crippen molar-refractivity contribution in [2.75, 3.05) is 0 Å². The molecule has 0 aliphatic rings.